The quantitative estimate of drug-likeness (QED) is 0.406. The summed E-state index contributed by atoms with van der Waals surface area (Å²) in [7, 11) is 0. The molecular weight excluding hydrogens is 124 g/mol. The van der Waals surface area contributed by atoms with Crippen LogP contribution in [0.2, 0.25) is 0 Å². The van der Waals surface area contributed by atoms with Crippen LogP contribution in [0.5, 0.6) is 0 Å². The van der Waals surface area contributed by atoms with Crippen LogP contribution in [-0.2, 0) is 4.74 Å². The third-order valence-corrected chi connectivity index (χ3v) is 1.37. The van der Waals surface area contributed by atoms with Crippen LogP contribution >= 0.6 is 0 Å². The first-order valence-electron chi connectivity index (χ1n) is 2.86. The second kappa shape index (κ2) is 2.62. The zero-order chi connectivity index (χ0) is 6.85. The van der Waals surface area contributed by atoms with Gasteiger partial charge < -0.3 is 20.1 Å². The van der Waals surface area contributed by atoms with E-state index in [1.165, 1.54) is 0 Å². The number of aliphatic hydroxyl groups is 3. The van der Waals surface area contributed by atoms with E-state index < -0.39 is 18.5 Å². The van der Waals surface area contributed by atoms with Crippen LogP contribution in [0, 0.1) is 0 Å². The summed E-state index contributed by atoms with van der Waals surface area (Å²) in [6, 6.07) is 0. The monoisotopic (exact) mass is 134 g/mol. The van der Waals surface area contributed by atoms with Gasteiger partial charge in [0.1, 0.15) is 6.10 Å². The van der Waals surface area contributed by atoms with Gasteiger partial charge in [0.2, 0.25) is 0 Å². The van der Waals surface area contributed by atoms with Gasteiger partial charge in [-0.15, -0.1) is 0 Å². The van der Waals surface area contributed by atoms with Crippen molar-refractivity contribution in [2.45, 2.75) is 24.9 Å². The molecule has 1 saturated heterocycles. The molecule has 0 saturated carbocycles. The van der Waals surface area contributed by atoms with Crippen molar-refractivity contribution in [1.29, 1.82) is 0 Å². The molecule has 9 heavy (non-hydrogen) atoms. The van der Waals surface area contributed by atoms with Crippen molar-refractivity contribution in [3.63, 3.8) is 0 Å². The van der Waals surface area contributed by atoms with Crippen molar-refractivity contribution in [2.75, 3.05) is 6.61 Å². The SMILES string of the molecule is OC[C@@H]1C[C@H](O)[C@H](O)O1. The Morgan fingerprint density at radius 1 is 1.44 bits per heavy atom. The Hall–Kier alpha value is -0.160. The number of ether oxygens (including phenoxy) is 1. The van der Waals surface area contributed by atoms with Gasteiger partial charge in [-0.1, -0.05) is 0 Å². The van der Waals surface area contributed by atoms with Gasteiger partial charge in [0.05, 0.1) is 12.7 Å². The molecule has 1 fully saturated rings. The van der Waals surface area contributed by atoms with Crippen LogP contribution in [-0.4, -0.2) is 40.4 Å². The predicted octanol–water partition coefficient (Wildman–Crippen LogP) is -1.55. The fourth-order valence-electron chi connectivity index (χ4n) is 0.847. The lowest BCUT2D eigenvalue weighted by molar-refractivity contribution is -0.132. The minimum absolute atomic E-state index is 0.145. The van der Waals surface area contributed by atoms with E-state index in [-0.39, 0.29) is 6.61 Å². The maximum Gasteiger partial charge on any atom is 0.181 e. The van der Waals surface area contributed by atoms with Crippen LogP contribution in [0.3, 0.4) is 0 Å². The zero-order valence-corrected chi connectivity index (χ0v) is 4.90. The molecule has 4 heteroatoms. The number of hydrogen-bond acceptors (Lipinski definition) is 4. The molecule has 1 rings (SSSR count). The molecule has 0 aliphatic carbocycles. The largest absolute Gasteiger partial charge is 0.394 e. The molecule has 1 aliphatic heterocycles. The molecular formula is C5H10O4. The standard InChI is InChI=1S/C5H10O4/c6-2-3-1-4(7)5(8)9-3/h3-8H,1-2H2/t3-,4-,5+/m0/s1. The Bertz CT molecular complexity index is 85.0. The molecule has 0 radical (unpaired) electrons. The van der Waals surface area contributed by atoms with Crippen LogP contribution in [0.15, 0.2) is 0 Å². The summed E-state index contributed by atoms with van der Waals surface area (Å²) in [5.41, 5.74) is 0. The van der Waals surface area contributed by atoms with E-state index >= 15 is 0 Å². The molecule has 54 valence electrons. The maximum atomic E-state index is 8.81. The summed E-state index contributed by atoms with van der Waals surface area (Å²) in [6.45, 7) is -0.145. The Balaban J connectivity index is 2.35. The third kappa shape index (κ3) is 1.40. The first-order chi connectivity index (χ1) is 4.24. The molecule has 0 amide bonds. The van der Waals surface area contributed by atoms with Crippen molar-refractivity contribution in [3.8, 4) is 0 Å². The minimum atomic E-state index is -1.11. The van der Waals surface area contributed by atoms with E-state index in [9.17, 15) is 0 Å². The second-order valence-corrected chi connectivity index (χ2v) is 2.13. The number of aliphatic hydroxyl groups excluding tert-OH is 3. The number of rotatable bonds is 1. The molecule has 0 bridgehead atoms. The average Bonchev–Trinajstić information content (AvgIpc) is 2.13. The van der Waals surface area contributed by atoms with Crippen molar-refractivity contribution >= 4 is 0 Å². The Morgan fingerprint density at radius 2 is 2.11 bits per heavy atom. The molecule has 0 spiro atoms. The summed E-state index contributed by atoms with van der Waals surface area (Å²) in [4.78, 5) is 0. The van der Waals surface area contributed by atoms with Crippen molar-refractivity contribution in [3.05, 3.63) is 0 Å². The van der Waals surface area contributed by atoms with Crippen molar-refractivity contribution in [1.82, 2.24) is 0 Å². The highest BCUT2D eigenvalue weighted by Crippen LogP contribution is 2.17. The lowest BCUT2D eigenvalue weighted by atomic mass is 10.2. The van der Waals surface area contributed by atoms with Gasteiger partial charge in [-0.2, -0.15) is 0 Å². The summed E-state index contributed by atoms with van der Waals surface area (Å²) in [6.07, 6.45) is -2.02. The topological polar surface area (TPSA) is 69.9 Å². The van der Waals surface area contributed by atoms with E-state index in [0.717, 1.165) is 0 Å². The van der Waals surface area contributed by atoms with Crippen LogP contribution in [0.4, 0.5) is 0 Å². The molecule has 4 nitrogen and oxygen atoms in total. The van der Waals surface area contributed by atoms with Gasteiger partial charge in [0.15, 0.2) is 6.29 Å². The smallest absolute Gasteiger partial charge is 0.181 e. The van der Waals surface area contributed by atoms with Crippen LogP contribution < -0.4 is 0 Å². The average molecular weight is 134 g/mol. The van der Waals surface area contributed by atoms with Gasteiger partial charge in [-0.3, -0.25) is 0 Å². The fourth-order valence-corrected chi connectivity index (χ4v) is 0.847. The lowest BCUT2D eigenvalue weighted by Crippen LogP contribution is -2.19. The molecule has 1 heterocycles. The first-order valence-corrected chi connectivity index (χ1v) is 2.86. The van der Waals surface area contributed by atoms with Crippen LogP contribution in [0.25, 0.3) is 0 Å². The van der Waals surface area contributed by atoms with Gasteiger partial charge >= 0.3 is 0 Å². The van der Waals surface area contributed by atoms with E-state index in [4.69, 9.17) is 15.3 Å². The minimum Gasteiger partial charge on any atom is -0.394 e. The second-order valence-electron chi connectivity index (χ2n) is 2.13. The normalized spacial score (nSPS) is 43.7. The van der Waals surface area contributed by atoms with Crippen LogP contribution in [0.1, 0.15) is 6.42 Å². The molecule has 1 aliphatic rings. The predicted molar refractivity (Wildman–Crippen MR) is 28.6 cm³/mol. The zero-order valence-electron chi connectivity index (χ0n) is 4.90. The highest BCUT2D eigenvalue weighted by Gasteiger charge is 2.31. The highest BCUT2D eigenvalue weighted by atomic mass is 16.6. The van der Waals surface area contributed by atoms with Gasteiger partial charge in [0, 0.05) is 6.42 Å². The van der Waals surface area contributed by atoms with E-state index in [1.54, 1.807) is 0 Å². The molecule has 0 unspecified atom stereocenters. The van der Waals surface area contributed by atoms with E-state index in [1.807, 2.05) is 0 Å². The third-order valence-electron chi connectivity index (χ3n) is 1.37. The fraction of sp³-hybridized carbons (Fsp3) is 1.00. The van der Waals surface area contributed by atoms with Crippen molar-refractivity contribution < 1.29 is 20.1 Å². The molecule has 3 N–H and O–H groups in total. The number of hydrogen-bond donors (Lipinski definition) is 3. The summed E-state index contributed by atoms with van der Waals surface area (Å²) >= 11 is 0. The first kappa shape index (κ1) is 6.95. The highest BCUT2D eigenvalue weighted by molar-refractivity contribution is 4.74. The summed E-state index contributed by atoms with van der Waals surface area (Å²) in [5.74, 6) is 0. The molecule has 0 aromatic rings. The van der Waals surface area contributed by atoms with E-state index in [2.05, 4.69) is 4.74 Å². The molecule has 0 aromatic heterocycles. The Kier molecular flexibility index (Phi) is 2.02. The van der Waals surface area contributed by atoms with Gasteiger partial charge in [0.25, 0.3) is 0 Å². The van der Waals surface area contributed by atoms with Gasteiger partial charge in [-0.25, -0.2) is 0 Å². The Labute approximate surface area is 52.7 Å². The van der Waals surface area contributed by atoms with E-state index in [0.29, 0.717) is 6.42 Å². The van der Waals surface area contributed by atoms with Gasteiger partial charge in [-0.05, 0) is 0 Å². The lowest BCUT2D eigenvalue weighted by Gasteiger charge is -2.04. The summed E-state index contributed by atoms with van der Waals surface area (Å²) in [5, 5.41) is 26.0. The molecule has 0 aromatic carbocycles. The van der Waals surface area contributed by atoms with Crippen molar-refractivity contribution in [2.24, 2.45) is 0 Å². The molecule has 3 atom stereocenters. The summed E-state index contributed by atoms with van der Waals surface area (Å²) < 4.78 is 4.68. The Morgan fingerprint density at radius 3 is 2.33 bits per heavy atom. The maximum absolute atomic E-state index is 8.81.